The third-order valence-corrected chi connectivity index (χ3v) is 3.58. The van der Waals surface area contributed by atoms with Gasteiger partial charge in [-0.15, -0.1) is 0 Å². The van der Waals surface area contributed by atoms with Crippen LogP contribution in [-0.4, -0.2) is 15.0 Å². The molecular weight excluding hydrogens is 312 g/mol. The van der Waals surface area contributed by atoms with Crippen molar-refractivity contribution in [2.45, 2.75) is 6.92 Å². The number of anilines is 2. The molecule has 0 saturated heterocycles. The van der Waals surface area contributed by atoms with Gasteiger partial charge >= 0.3 is 0 Å². The van der Waals surface area contributed by atoms with Crippen molar-refractivity contribution in [3.8, 4) is 0 Å². The predicted octanol–water partition coefficient (Wildman–Crippen LogP) is 2.93. The van der Waals surface area contributed by atoms with Crippen molar-refractivity contribution in [3.05, 3.63) is 46.3 Å². The molecule has 0 atom stereocenters. The van der Waals surface area contributed by atoms with Gasteiger partial charge in [-0.2, -0.15) is 0 Å². The smallest absolute Gasteiger partial charge is 0.144 e. The van der Waals surface area contributed by atoms with Gasteiger partial charge in [0, 0.05) is 16.4 Å². The van der Waals surface area contributed by atoms with Crippen LogP contribution in [0.5, 0.6) is 0 Å². The normalized spacial score (nSPS) is 10.1. The molecule has 1 heterocycles. The largest absolute Gasteiger partial charge is 0.389 e. The third kappa shape index (κ3) is 2.65. The molecule has 2 aromatic rings. The molecule has 6 heteroatoms. The number of nitrogens with one attached hydrogen (secondary N) is 1. The lowest BCUT2D eigenvalue weighted by atomic mass is 10.2. The lowest BCUT2D eigenvalue weighted by Gasteiger charge is -2.12. The number of nitrogens with two attached hydrogens (primary N) is 1. The number of halogens is 1. The summed E-state index contributed by atoms with van der Waals surface area (Å²) >= 11 is 8.46. The molecule has 92 valence electrons. The maximum Gasteiger partial charge on any atom is 0.144 e. The van der Waals surface area contributed by atoms with Gasteiger partial charge < -0.3 is 11.1 Å². The summed E-state index contributed by atoms with van der Waals surface area (Å²) in [4.78, 5) is 8.35. The van der Waals surface area contributed by atoms with Crippen molar-refractivity contribution in [1.82, 2.24) is 9.97 Å². The Morgan fingerprint density at radius 2 is 2.22 bits per heavy atom. The summed E-state index contributed by atoms with van der Waals surface area (Å²) in [6.45, 7) is 2.01. The molecule has 0 aliphatic carbocycles. The quantitative estimate of drug-likeness (QED) is 0.851. The van der Waals surface area contributed by atoms with Gasteiger partial charge in [-0.25, -0.2) is 9.97 Å². The fourth-order valence-electron chi connectivity index (χ4n) is 1.48. The zero-order valence-electron chi connectivity index (χ0n) is 9.64. The van der Waals surface area contributed by atoms with E-state index in [-0.39, 0.29) is 4.99 Å². The van der Waals surface area contributed by atoms with E-state index >= 15 is 0 Å². The first kappa shape index (κ1) is 12.9. The molecule has 0 fully saturated rings. The molecule has 0 amide bonds. The second-order valence-corrected chi connectivity index (χ2v) is 4.98. The highest BCUT2D eigenvalue weighted by molar-refractivity contribution is 9.10. The fourth-order valence-corrected chi connectivity index (χ4v) is 2.00. The fraction of sp³-hybridized carbons (Fsp3) is 0.0833. The second-order valence-electron chi connectivity index (χ2n) is 3.69. The monoisotopic (exact) mass is 322 g/mol. The predicted molar refractivity (Wildman–Crippen MR) is 80.1 cm³/mol. The van der Waals surface area contributed by atoms with E-state index in [4.69, 9.17) is 18.0 Å². The Bertz CT molecular complexity index is 600. The van der Waals surface area contributed by atoms with Crippen molar-refractivity contribution in [1.29, 1.82) is 0 Å². The molecule has 1 aromatic carbocycles. The van der Waals surface area contributed by atoms with Gasteiger partial charge in [-0.3, -0.25) is 0 Å². The highest BCUT2D eigenvalue weighted by atomic mass is 79.9. The summed E-state index contributed by atoms with van der Waals surface area (Å²) in [5.41, 5.74) is 8.30. The van der Waals surface area contributed by atoms with Crippen LogP contribution in [0.1, 0.15) is 11.1 Å². The first-order chi connectivity index (χ1) is 8.59. The van der Waals surface area contributed by atoms with Gasteiger partial charge in [0.25, 0.3) is 0 Å². The minimum atomic E-state index is 0.269. The van der Waals surface area contributed by atoms with Crippen LogP contribution in [0, 0.1) is 6.92 Å². The van der Waals surface area contributed by atoms with E-state index in [1.165, 1.54) is 6.33 Å². The highest BCUT2D eigenvalue weighted by Crippen LogP contribution is 2.26. The van der Waals surface area contributed by atoms with Crippen LogP contribution in [0.2, 0.25) is 0 Å². The van der Waals surface area contributed by atoms with Crippen LogP contribution in [0.25, 0.3) is 0 Å². The Morgan fingerprint density at radius 3 is 2.94 bits per heavy atom. The summed E-state index contributed by atoms with van der Waals surface area (Å²) in [6, 6.07) is 5.89. The molecule has 0 aliphatic rings. The first-order valence-corrected chi connectivity index (χ1v) is 6.41. The van der Waals surface area contributed by atoms with Gasteiger partial charge in [0.05, 0.1) is 5.56 Å². The molecule has 4 nitrogen and oxygen atoms in total. The van der Waals surface area contributed by atoms with Crippen LogP contribution in [0.3, 0.4) is 0 Å². The van der Waals surface area contributed by atoms with E-state index in [9.17, 15) is 0 Å². The van der Waals surface area contributed by atoms with E-state index in [0.29, 0.717) is 11.4 Å². The number of thiocarbonyl (C=S) groups is 1. The van der Waals surface area contributed by atoms with Crippen molar-refractivity contribution < 1.29 is 0 Å². The molecular formula is C12H11BrN4S. The molecule has 0 spiro atoms. The summed E-state index contributed by atoms with van der Waals surface area (Å²) in [5.74, 6) is 0.610. The molecule has 0 aliphatic heterocycles. The lowest BCUT2D eigenvalue weighted by Crippen LogP contribution is -2.13. The van der Waals surface area contributed by atoms with Crippen LogP contribution in [-0.2, 0) is 0 Å². The minimum Gasteiger partial charge on any atom is -0.389 e. The number of nitrogens with zero attached hydrogens (tertiary/aromatic N) is 2. The summed E-state index contributed by atoms with van der Waals surface area (Å²) in [6.07, 6.45) is 3.06. The van der Waals surface area contributed by atoms with E-state index < -0.39 is 0 Å². The second kappa shape index (κ2) is 5.41. The van der Waals surface area contributed by atoms with Gasteiger partial charge in [-0.1, -0.05) is 34.2 Å². The molecule has 0 unspecified atom stereocenters. The maximum atomic E-state index is 5.64. The first-order valence-electron chi connectivity index (χ1n) is 5.21. The molecule has 18 heavy (non-hydrogen) atoms. The number of aromatic nitrogens is 2. The third-order valence-electron chi connectivity index (χ3n) is 2.50. The van der Waals surface area contributed by atoms with Crippen LogP contribution in [0.15, 0.2) is 35.2 Å². The van der Waals surface area contributed by atoms with Crippen molar-refractivity contribution >= 4 is 44.6 Å². The van der Waals surface area contributed by atoms with Crippen LogP contribution < -0.4 is 11.1 Å². The Morgan fingerprint density at radius 1 is 1.44 bits per heavy atom. The minimum absolute atomic E-state index is 0.269. The van der Waals surface area contributed by atoms with E-state index in [0.717, 1.165) is 15.7 Å². The average Bonchev–Trinajstić information content (AvgIpc) is 2.35. The zero-order chi connectivity index (χ0) is 13.1. The van der Waals surface area contributed by atoms with Crippen LogP contribution in [0.4, 0.5) is 11.5 Å². The van der Waals surface area contributed by atoms with Crippen molar-refractivity contribution in [3.63, 3.8) is 0 Å². The summed E-state index contributed by atoms with van der Waals surface area (Å²) in [5, 5.41) is 3.21. The van der Waals surface area contributed by atoms with Gasteiger partial charge in [-0.05, 0) is 24.6 Å². The van der Waals surface area contributed by atoms with Crippen molar-refractivity contribution in [2.75, 3.05) is 5.32 Å². The number of hydrogen-bond donors (Lipinski definition) is 2. The molecule has 2 rings (SSSR count). The molecule has 0 saturated carbocycles. The average molecular weight is 323 g/mol. The van der Waals surface area contributed by atoms with E-state index in [1.807, 2.05) is 25.1 Å². The summed E-state index contributed by atoms with van der Waals surface area (Å²) in [7, 11) is 0. The zero-order valence-corrected chi connectivity index (χ0v) is 12.0. The molecule has 0 bridgehead atoms. The molecule has 3 N–H and O–H groups in total. The Labute approximate surface area is 119 Å². The Hall–Kier alpha value is -1.53. The van der Waals surface area contributed by atoms with Crippen LogP contribution >= 0.6 is 28.1 Å². The number of rotatable bonds is 3. The van der Waals surface area contributed by atoms with Gasteiger partial charge in [0.1, 0.15) is 17.1 Å². The lowest BCUT2D eigenvalue weighted by molar-refractivity contribution is 1.16. The highest BCUT2D eigenvalue weighted by Gasteiger charge is 2.09. The Balaban J connectivity index is 2.40. The standard InChI is InChI=1S/C12H11BrN4S/c1-7-9(13)3-2-4-10(7)17-12-8(11(14)18)5-15-6-16-12/h2-6H,1H3,(H2,14,18)(H,15,16,17). The maximum absolute atomic E-state index is 5.64. The van der Waals surface area contributed by atoms with Gasteiger partial charge in [0.2, 0.25) is 0 Å². The topological polar surface area (TPSA) is 63.8 Å². The Kier molecular flexibility index (Phi) is 3.88. The SMILES string of the molecule is Cc1c(Br)cccc1Nc1ncncc1C(N)=S. The number of benzene rings is 1. The van der Waals surface area contributed by atoms with E-state index in [2.05, 4.69) is 31.2 Å². The number of hydrogen-bond acceptors (Lipinski definition) is 4. The van der Waals surface area contributed by atoms with E-state index in [1.54, 1.807) is 6.20 Å². The van der Waals surface area contributed by atoms with Crippen molar-refractivity contribution in [2.24, 2.45) is 5.73 Å². The molecule has 1 aromatic heterocycles. The molecule has 0 radical (unpaired) electrons. The van der Waals surface area contributed by atoms with Gasteiger partial charge in [0.15, 0.2) is 0 Å². The summed E-state index contributed by atoms with van der Waals surface area (Å²) < 4.78 is 1.03.